The van der Waals surface area contributed by atoms with Gasteiger partial charge in [0.05, 0.1) is 4.91 Å². The van der Waals surface area contributed by atoms with Gasteiger partial charge in [0.25, 0.3) is 11.1 Å². The topological polar surface area (TPSA) is 81.2 Å². The third kappa shape index (κ3) is 3.44. The fourth-order valence-electron chi connectivity index (χ4n) is 1.68. The molecule has 1 aliphatic heterocycles. The molecule has 3 rings (SSSR count). The first-order valence-corrected chi connectivity index (χ1v) is 7.31. The maximum absolute atomic E-state index is 11.5. The van der Waals surface area contributed by atoms with Gasteiger partial charge in [0.2, 0.25) is 5.88 Å². The van der Waals surface area contributed by atoms with Gasteiger partial charge in [-0.25, -0.2) is 0 Å². The van der Waals surface area contributed by atoms with Crippen LogP contribution in [0.5, 0.6) is 11.6 Å². The van der Waals surface area contributed by atoms with Crippen LogP contribution in [0, 0.1) is 0 Å². The van der Waals surface area contributed by atoms with E-state index in [-0.39, 0.29) is 16.3 Å². The number of nitrogens with zero attached hydrogens (tertiary/aromatic N) is 2. The van der Waals surface area contributed by atoms with Crippen LogP contribution in [0.25, 0.3) is 6.08 Å². The van der Waals surface area contributed by atoms with Gasteiger partial charge in [-0.05, 0) is 41.6 Å². The van der Waals surface area contributed by atoms with Gasteiger partial charge in [-0.2, -0.15) is 0 Å². The van der Waals surface area contributed by atoms with Crippen molar-refractivity contribution < 1.29 is 14.3 Å². The lowest BCUT2D eigenvalue weighted by molar-refractivity contribution is -0.115. The lowest BCUT2D eigenvalue weighted by atomic mass is 10.2. The maximum atomic E-state index is 11.5. The van der Waals surface area contributed by atoms with Crippen LogP contribution in [0.1, 0.15) is 5.56 Å². The highest BCUT2D eigenvalue weighted by Gasteiger charge is 2.24. The Balaban J connectivity index is 1.73. The van der Waals surface area contributed by atoms with E-state index in [0.717, 1.165) is 17.3 Å². The first-order valence-electron chi connectivity index (χ1n) is 6.12. The van der Waals surface area contributed by atoms with E-state index in [1.807, 2.05) is 0 Å². The van der Waals surface area contributed by atoms with E-state index in [2.05, 4.69) is 15.5 Å². The third-order valence-electron chi connectivity index (χ3n) is 2.65. The molecular formula is C14H8ClN3O3S. The van der Waals surface area contributed by atoms with E-state index in [4.69, 9.17) is 16.3 Å². The highest BCUT2D eigenvalue weighted by atomic mass is 35.5. The van der Waals surface area contributed by atoms with Crippen molar-refractivity contribution in [2.45, 2.75) is 0 Å². The number of nitrogens with one attached hydrogen (secondary N) is 1. The lowest BCUT2D eigenvalue weighted by Crippen LogP contribution is -2.17. The average molecular weight is 334 g/mol. The number of carbonyl (C=O) groups excluding carboxylic acids is 2. The number of thioether (sulfide) groups is 1. The Hall–Kier alpha value is -2.38. The van der Waals surface area contributed by atoms with Crippen LogP contribution < -0.4 is 10.1 Å². The van der Waals surface area contributed by atoms with E-state index in [1.165, 1.54) is 0 Å². The second-order valence-electron chi connectivity index (χ2n) is 4.22. The second kappa shape index (κ2) is 6.17. The Morgan fingerprint density at radius 1 is 1.09 bits per heavy atom. The fourth-order valence-corrected chi connectivity index (χ4v) is 2.47. The third-order valence-corrected chi connectivity index (χ3v) is 3.66. The van der Waals surface area contributed by atoms with Gasteiger partial charge < -0.3 is 4.74 Å². The minimum Gasteiger partial charge on any atom is -0.438 e. The largest absolute Gasteiger partial charge is 0.438 e. The number of halogens is 1. The zero-order valence-corrected chi connectivity index (χ0v) is 12.5. The van der Waals surface area contributed by atoms with Crippen LogP contribution in [0.4, 0.5) is 4.79 Å². The fraction of sp³-hybridized carbons (Fsp3) is 0. The van der Waals surface area contributed by atoms with Crippen LogP contribution in [0.3, 0.4) is 0 Å². The minimum absolute atomic E-state index is 0.288. The number of benzene rings is 1. The van der Waals surface area contributed by atoms with E-state index in [9.17, 15) is 9.59 Å². The molecule has 1 N–H and O–H groups in total. The number of carbonyl (C=O) groups is 2. The van der Waals surface area contributed by atoms with E-state index in [1.54, 1.807) is 42.5 Å². The summed E-state index contributed by atoms with van der Waals surface area (Å²) in [6.07, 6.45) is 1.64. The summed E-state index contributed by atoms with van der Waals surface area (Å²) < 4.78 is 5.50. The molecule has 1 aromatic heterocycles. The number of aromatic nitrogens is 2. The molecule has 0 aliphatic carbocycles. The molecule has 2 amide bonds. The quantitative estimate of drug-likeness (QED) is 0.868. The van der Waals surface area contributed by atoms with Gasteiger partial charge in [0.15, 0.2) is 5.15 Å². The van der Waals surface area contributed by atoms with Crippen LogP contribution in [-0.2, 0) is 4.79 Å². The molecule has 1 aliphatic rings. The molecular weight excluding hydrogens is 326 g/mol. The van der Waals surface area contributed by atoms with Crippen LogP contribution in [-0.4, -0.2) is 21.3 Å². The molecule has 8 heteroatoms. The predicted molar refractivity (Wildman–Crippen MR) is 82.7 cm³/mol. The summed E-state index contributed by atoms with van der Waals surface area (Å²) >= 11 is 6.52. The standard InChI is InChI=1S/C14H8ClN3O3S/c15-11-5-6-12(18-17-11)21-9-3-1-8(2-4-9)7-10-13(19)16-14(20)22-10/h1-7H,(H,16,19,20)/b10-7+. The molecule has 2 aromatic rings. The van der Waals surface area contributed by atoms with E-state index < -0.39 is 0 Å². The first kappa shape index (κ1) is 14.6. The Labute approximate surface area is 134 Å². The summed E-state index contributed by atoms with van der Waals surface area (Å²) in [5.41, 5.74) is 0.780. The normalized spacial score (nSPS) is 16.0. The van der Waals surface area contributed by atoms with Crippen molar-refractivity contribution in [1.82, 2.24) is 15.5 Å². The number of ether oxygens (including phenoxy) is 1. The first-order chi connectivity index (χ1) is 10.6. The monoisotopic (exact) mass is 333 g/mol. The number of hydrogen-bond acceptors (Lipinski definition) is 6. The summed E-state index contributed by atoms with van der Waals surface area (Å²) in [6.45, 7) is 0. The number of amides is 2. The molecule has 2 heterocycles. The Kier molecular flexibility index (Phi) is 4.08. The molecule has 0 saturated carbocycles. The van der Waals surface area contributed by atoms with Gasteiger partial charge in [0, 0.05) is 6.07 Å². The summed E-state index contributed by atoms with van der Waals surface area (Å²) in [5.74, 6) is 0.511. The number of imide groups is 1. The minimum atomic E-state index is -0.383. The molecule has 110 valence electrons. The Morgan fingerprint density at radius 2 is 1.86 bits per heavy atom. The highest BCUT2D eigenvalue weighted by molar-refractivity contribution is 8.18. The van der Waals surface area contributed by atoms with Crippen LogP contribution in [0.15, 0.2) is 41.3 Å². The summed E-state index contributed by atoms with van der Waals surface area (Å²) in [4.78, 5) is 22.9. The molecule has 0 atom stereocenters. The van der Waals surface area contributed by atoms with Crippen molar-refractivity contribution in [2.24, 2.45) is 0 Å². The van der Waals surface area contributed by atoms with Crippen molar-refractivity contribution in [3.8, 4) is 11.6 Å². The van der Waals surface area contributed by atoms with Crippen LogP contribution in [0.2, 0.25) is 5.15 Å². The van der Waals surface area contributed by atoms with Crippen molar-refractivity contribution >= 4 is 40.6 Å². The van der Waals surface area contributed by atoms with Crippen molar-refractivity contribution in [3.05, 3.63) is 52.0 Å². The SMILES string of the molecule is O=C1NC(=O)/C(=C\c2ccc(Oc3ccc(Cl)nn3)cc2)S1. The second-order valence-corrected chi connectivity index (χ2v) is 5.62. The Morgan fingerprint density at radius 3 is 2.45 bits per heavy atom. The molecule has 22 heavy (non-hydrogen) atoms. The molecule has 0 spiro atoms. The molecule has 0 bridgehead atoms. The molecule has 0 unspecified atom stereocenters. The molecule has 1 aromatic carbocycles. The summed E-state index contributed by atoms with van der Waals surface area (Å²) in [7, 11) is 0. The lowest BCUT2D eigenvalue weighted by Gasteiger charge is -2.04. The highest BCUT2D eigenvalue weighted by Crippen LogP contribution is 2.26. The zero-order chi connectivity index (χ0) is 15.5. The average Bonchev–Trinajstić information content (AvgIpc) is 2.81. The number of rotatable bonds is 3. The molecule has 0 radical (unpaired) electrons. The summed E-state index contributed by atoms with van der Waals surface area (Å²) in [6, 6.07) is 10.2. The van der Waals surface area contributed by atoms with Gasteiger partial charge in [-0.3, -0.25) is 14.9 Å². The predicted octanol–water partition coefficient (Wildman–Crippen LogP) is 3.25. The smallest absolute Gasteiger partial charge is 0.290 e. The molecule has 1 saturated heterocycles. The van der Waals surface area contributed by atoms with E-state index >= 15 is 0 Å². The number of hydrogen-bond donors (Lipinski definition) is 1. The summed E-state index contributed by atoms with van der Waals surface area (Å²) in [5, 5.41) is 9.59. The maximum Gasteiger partial charge on any atom is 0.290 e. The van der Waals surface area contributed by atoms with Crippen molar-refractivity contribution in [2.75, 3.05) is 0 Å². The zero-order valence-electron chi connectivity index (χ0n) is 10.9. The van der Waals surface area contributed by atoms with Crippen molar-refractivity contribution in [1.29, 1.82) is 0 Å². The molecule has 1 fully saturated rings. The van der Waals surface area contributed by atoms with Gasteiger partial charge in [-0.1, -0.05) is 23.7 Å². The van der Waals surface area contributed by atoms with E-state index in [0.29, 0.717) is 16.5 Å². The Bertz CT molecular complexity index is 760. The van der Waals surface area contributed by atoms with Crippen LogP contribution >= 0.6 is 23.4 Å². The van der Waals surface area contributed by atoms with Gasteiger partial charge in [-0.15, -0.1) is 10.2 Å². The van der Waals surface area contributed by atoms with Gasteiger partial charge in [0.1, 0.15) is 5.75 Å². The van der Waals surface area contributed by atoms with Gasteiger partial charge >= 0.3 is 0 Å². The van der Waals surface area contributed by atoms with Crippen molar-refractivity contribution in [3.63, 3.8) is 0 Å². The molecule has 6 nitrogen and oxygen atoms in total.